The Balaban J connectivity index is 2.79. The van der Waals surface area contributed by atoms with E-state index in [-0.39, 0.29) is 0 Å². The molecule has 0 spiro atoms. The molecule has 0 bridgehead atoms. The van der Waals surface area contributed by atoms with Gasteiger partial charge in [-0.15, -0.1) is 0 Å². The van der Waals surface area contributed by atoms with Gasteiger partial charge in [0, 0.05) is 0 Å². The van der Waals surface area contributed by atoms with E-state index in [4.69, 9.17) is 4.18 Å². The molecule has 3 unspecified atom stereocenters. The molecule has 1 aromatic rings. The Morgan fingerprint density at radius 1 is 0.923 bits per heavy atom. The maximum atomic E-state index is 11.1. The van der Waals surface area contributed by atoms with Crippen LogP contribution in [0.3, 0.4) is 0 Å². The second-order valence-electron chi connectivity index (χ2n) is 7.59. The minimum Gasteiger partial charge on any atom is -0.740 e. The molecule has 3 atom stereocenters. The third kappa shape index (κ3) is 8.68. The van der Waals surface area contributed by atoms with Crippen LogP contribution >= 0.6 is 0 Å². The highest BCUT2D eigenvalue weighted by molar-refractivity contribution is 7.74. The molecular weight excluding hydrogens is 344 g/mol. The molecule has 0 aromatic heterocycles. The van der Waals surface area contributed by atoms with E-state index in [1.165, 1.54) is 56.9 Å². The summed E-state index contributed by atoms with van der Waals surface area (Å²) >= 11 is -2.53. The molecule has 0 heterocycles. The molecule has 0 amide bonds. The molecule has 0 saturated heterocycles. The van der Waals surface area contributed by atoms with Crippen molar-refractivity contribution in [1.82, 2.24) is 0 Å². The zero-order valence-electron chi connectivity index (χ0n) is 17.1. The van der Waals surface area contributed by atoms with Crippen LogP contribution in [0.1, 0.15) is 115 Å². The summed E-state index contributed by atoms with van der Waals surface area (Å²) in [6.07, 6.45) is 12.1. The molecule has 0 fully saturated rings. The number of benzene rings is 1. The van der Waals surface area contributed by atoms with E-state index in [1.807, 2.05) is 6.07 Å². The van der Waals surface area contributed by atoms with E-state index in [2.05, 4.69) is 39.8 Å². The molecule has 3 nitrogen and oxygen atoms in total. The zero-order chi connectivity index (χ0) is 19.4. The van der Waals surface area contributed by atoms with Gasteiger partial charge in [0.05, 0.1) is 0 Å². The van der Waals surface area contributed by atoms with Crippen molar-refractivity contribution in [2.45, 2.75) is 104 Å². The van der Waals surface area contributed by atoms with Gasteiger partial charge in [0.25, 0.3) is 0 Å². The molecule has 0 saturated carbocycles. The van der Waals surface area contributed by atoms with Gasteiger partial charge in [0.15, 0.2) is 0 Å². The molecular formula is C22H37O3S-. The first-order chi connectivity index (χ1) is 12.5. The van der Waals surface area contributed by atoms with E-state index < -0.39 is 11.4 Å². The number of rotatable bonds is 14. The van der Waals surface area contributed by atoms with Crippen molar-refractivity contribution in [3.63, 3.8) is 0 Å². The summed E-state index contributed by atoms with van der Waals surface area (Å²) in [5.74, 6) is 1.24. The SMILES string of the molecule is CCCCCCC(C)c1ccc(C(C)CCCCCC)c(OS(=O)[O-])c1. The van der Waals surface area contributed by atoms with Gasteiger partial charge in [-0.2, -0.15) is 0 Å². The lowest BCUT2D eigenvalue weighted by molar-refractivity contribution is 0.434. The highest BCUT2D eigenvalue weighted by Crippen LogP contribution is 2.34. The largest absolute Gasteiger partial charge is 0.740 e. The van der Waals surface area contributed by atoms with Crippen LogP contribution in [-0.2, 0) is 11.4 Å². The molecule has 0 aliphatic heterocycles. The zero-order valence-corrected chi connectivity index (χ0v) is 17.9. The second kappa shape index (κ2) is 13.3. The van der Waals surface area contributed by atoms with Gasteiger partial charge >= 0.3 is 0 Å². The smallest absolute Gasteiger partial charge is 0.142 e. The maximum absolute atomic E-state index is 11.1. The minimum atomic E-state index is -2.53. The third-order valence-electron chi connectivity index (χ3n) is 5.28. The molecule has 0 aliphatic carbocycles. The summed E-state index contributed by atoms with van der Waals surface area (Å²) in [7, 11) is 0. The van der Waals surface area contributed by atoms with Crippen LogP contribution in [-0.4, -0.2) is 8.76 Å². The average molecular weight is 382 g/mol. The summed E-state index contributed by atoms with van der Waals surface area (Å²) in [4.78, 5) is 0. The molecule has 0 N–H and O–H groups in total. The van der Waals surface area contributed by atoms with Crippen molar-refractivity contribution >= 4 is 11.4 Å². The molecule has 150 valence electrons. The van der Waals surface area contributed by atoms with Crippen molar-refractivity contribution < 1.29 is 12.9 Å². The number of hydrogen-bond acceptors (Lipinski definition) is 3. The molecule has 26 heavy (non-hydrogen) atoms. The first-order valence-corrected chi connectivity index (χ1v) is 11.4. The minimum absolute atomic E-state index is 0.305. The Bertz CT molecular complexity index is 530. The van der Waals surface area contributed by atoms with Crippen LogP contribution in [0.15, 0.2) is 18.2 Å². The van der Waals surface area contributed by atoms with Crippen LogP contribution in [0.25, 0.3) is 0 Å². The van der Waals surface area contributed by atoms with E-state index in [0.717, 1.165) is 18.4 Å². The lowest BCUT2D eigenvalue weighted by Crippen LogP contribution is -2.05. The van der Waals surface area contributed by atoms with Gasteiger partial charge in [-0.05, 0) is 41.9 Å². The van der Waals surface area contributed by atoms with Gasteiger partial charge in [-0.25, -0.2) is 4.21 Å². The molecule has 1 rings (SSSR count). The van der Waals surface area contributed by atoms with Crippen molar-refractivity contribution in [2.24, 2.45) is 0 Å². The predicted molar refractivity (Wildman–Crippen MR) is 110 cm³/mol. The quantitative estimate of drug-likeness (QED) is 0.257. The Morgan fingerprint density at radius 2 is 1.50 bits per heavy atom. The van der Waals surface area contributed by atoms with Crippen LogP contribution in [0.4, 0.5) is 0 Å². The fraction of sp³-hybridized carbons (Fsp3) is 0.727. The first kappa shape index (κ1) is 23.2. The van der Waals surface area contributed by atoms with Crippen LogP contribution in [0.5, 0.6) is 5.75 Å². The van der Waals surface area contributed by atoms with Crippen LogP contribution in [0.2, 0.25) is 0 Å². The Kier molecular flexibility index (Phi) is 11.9. The third-order valence-corrected chi connectivity index (χ3v) is 5.59. The average Bonchev–Trinajstić information content (AvgIpc) is 2.61. The van der Waals surface area contributed by atoms with Gasteiger partial charge in [-0.1, -0.05) is 91.2 Å². The summed E-state index contributed by atoms with van der Waals surface area (Å²) in [6, 6.07) is 6.17. The topological polar surface area (TPSA) is 49.4 Å². The Labute approximate surface area is 163 Å². The molecule has 0 aliphatic rings. The first-order valence-electron chi connectivity index (χ1n) is 10.4. The molecule has 4 heteroatoms. The van der Waals surface area contributed by atoms with E-state index >= 15 is 0 Å². The van der Waals surface area contributed by atoms with Crippen molar-refractivity contribution in [2.75, 3.05) is 0 Å². The van der Waals surface area contributed by atoms with Gasteiger partial charge in [0.2, 0.25) is 0 Å². The number of unbranched alkanes of at least 4 members (excludes halogenated alkanes) is 6. The lowest BCUT2D eigenvalue weighted by atomic mass is 9.89. The van der Waals surface area contributed by atoms with E-state index in [9.17, 15) is 8.76 Å². The normalized spacial score (nSPS) is 14.8. The predicted octanol–water partition coefficient (Wildman–Crippen LogP) is 7.01. The van der Waals surface area contributed by atoms with Crippen molar-refractivity contribution in [3.05, 3.63) is 29.3 Å². The van der Waals surface area contributed by atoms with Gasteiger partial charge < -0.3 is 8.74 Å². The highest BCUT2D eigenvalue weighted by Gasteiger charge is 2.15. The van der Waals surface area contributed by atoms with Gasteiger partial charge in [0.1, 0.15) is 17.1 Å². The van der Waals surface area contributed by atoms with Crippen molar-refractivity contribution in [1.29, 1.82) is 0 Å². The number of hydrogen-bond donors (Lipinski definition) is 0. The van der Waals surface area contributed by atoms with Crippen molar-refractivity contribution in [3.8, 4) is 5.75 Å². The summed E-state index contributed by atoms with van der Waals surface area (Å²) in [5, 5.41) is 0. The lowest BCUT2D eigenvalue weighted by Gasteiger charge is -2.20. The van der Waals surface area contributed by atoms with E-state index in [0.29, 0.717) is 17.6 Å². The molecule has 0 radical (unpaired) electrons. The highest BCUT2D eigenvalue weighted by atomic mass is 32.2. The summed E-state index contributed by atoms with van der Waals surface area (Å²) in [6.45, 7) is 8.81. The second-order valence-corrected chi connectivity index (χ2v) is 8.16. The fourth-order valence-corrected chi connectivity index (χ4v) is 3.78. The summed E-state index contributed by atoms with van der Waals surface area (Å²) < 4.78 is 27.4. The molecule has 1 aromatic carbocycles. The summed E-state index contributed by atoms with van der Waals surface area (Å²) in [5.41, 5.74) is 2.18. The van der Waals surface area contributed by atoms with Gasteiger partial charge in [-0.3, -0.25) is 0 Å². The Hall–Kier alpha value is -0.870. The maximum Gasteiger partial charge on any atom is 0.142 e. The Morgan fingerprint density at radius 3 is 2.04 bits per heavy atom. The van der Waals surface area contributed by atoms with Crippen LogP contribution in [0, 0.1) is 0 Å². The van der Waals surface area contributed by atoms with Crippen LogP contribution < -0.4 is 4.18 Å². The standard InChI is InChI=1S/C22H38O3S/c1-5-7-9-11-13-18(3)20-15-16-21(22(17-20)25-26(23)24)19(4)14-12-10-8-6-2/h15-19H,5-14H2,1-4H3,(H,23,24)/p-1. The monoisotopic (exact) mass is 381 g/mol. The fourth-order valence-electron chi connectivity index (χ4n) is 3.49. The van der Waals surface area contributed by atoms with E-state index in [1.54, 1.807) is 0 Å².